The number of hydrogen-bond donors (Lipinski definition) is 1. The number of benzene rings is 6. The second-order valence-electron chi connectivity index (χ2n) is 28.7. The molecule has 14 rings (SSSR count). The van der Waals surface area contributed by atoms with Crippen molar-refractivity contribution in [2.24, 2.45) is 0 Å². The van der Waals surface area contributed by atoms with E-state index in [4.69, 9.17) is 54.7 Å². The van der Waals surface area contributed by atoms with Crippen LogP contribution in [-0.2, 0) is 106 Å². The summed E-state index contributed by atoms with van der Waals surface area (Å²) in [4.78, 5) is 114. The molecule has 4 aliphatic heterocycles. The fourth-order valence-electron chi connectivity index (χ4n) is 14.6. The van der Waals surface area contributed by atoms with E-state index in [0.717, 1.165) is 99.5 Å². The fraction of sp³-hybridized carbons (Fsp3) is 0.310. The highest BCUT2D eigenvalue weighted by Gasteiger charge is 2.53. The van der Waals surface area contributed by atoms with Gasteiger partial charge in [-0.15, -0.1) is 0 Å². The first-order chi connectivity index (χ1) is 51.6. The van der Waals surface area contributed by atoms with Crippen LogP contribution in [0.25, 0.3) is 44.6 Å². The average Bonchev–Trinajstić information content (AvgIpc) is 1.62. The number of cyclic esters (lactones) is 2. The number of hydrogen-bond acceptors (Lipinski definition) is 18. The molecule has 107 heavy (non-hydrogen) atoms. The number of aliphatic hydroxyl groups excluding tert-OH is 1. The lowest BCUT2D eigenvalue weighted by molar-refractivity contribution is -0.176. The monoisotopic (exact) mass is 1500 g/mol. The van der Waals surface area contributed by atoms with Crippen LogP contribution in [0.3, 0.4) is 0 Å². The van der Waals surface area contributed by atoms with Crippen LogP contribution in [0.4, 0.5) is 9.59 Å². The van der Waals surface area contributed by atoms with Crippen molar-refractivity contribution in [1.82, 2.24) is 19.1 Å². The first-order valence-corrected chi connectivity index (χ1v) is 43.4. The molecule has 0 saturated heterocycles. The molecule has 8 heterocycles. The lowest BCUT2D eigenvalue weighted by Crippen LogP contribution is -2.47. The van der Waals surface area contributed by atoms with Crippen LogP contribution >= 0.6 is 11.6 Å². The Balaban J connectivity index is 0.000000181. The van der Waals surface area contributed by atoms with Crippen LogP contribution in [0.5, 0.6) is 0 Å². The van der Waals surface area contributed by atoms with Gasteiger partial charge in [-0.2, -0.15) is 0 Å². The van der Waals surface area contributed by atoms with Crippen molar-refractivity contribution >= 4 is 85.0 Å². The van der Waals surface area contributed by atoms with E-state index in [2.05, 4.69) is 38.3 Å². The first-order valence-electron chi connectivity index (χ1n) is 36.2. The Morgan fingerprint density at radius 3 is 1.30 bits per heavy atom. The summed E-state index contributed by atoms with van der Waals surface area (Å²) < 4.78 is 42.3. The van der Waals surface area contributed by atoms with Gasteiger partial charge in [-0.1, -0.05) is 210 Å². The summed E-state index contributed by atoms with van der Waals surface area (Å²) >= 11 is 5.16. The standard InChI is InChI=1S/C42H42N2O8Si.C35H38N2O7Si.C7H5ClO/c1-4-42(52-41(48)51-26-28-14-7-5-8-15-28)34-24-36-37-32(25-44(36)38(45)33(34)27-50-40(42)47)30(31-18-11-12-19-35(31)43-37)20-23-53(2,3)22-13-21-49-39(46)29-16-9-6-10-17-29;1-4-35(44-34(41)43-21-23-11-6-5-7-12-23)28-19-30-31-26(20-37(30)32(39)27(28)22-42-33(35)40)24(15-18-45(2,3)17-10-16-38)25-13-8-9-14-29(25)36-31;8-7(9)6-4-2-1-3-5-6/h5-12,14-19,24H,4,13,20-23,25-27H2,1-3H3;5-9,11-14,19,38H,4,10,15-18,20-22H2,1-3H3;1-5H/t42-;35-;/m00./s1. The fourth-order valence-corrected chi connectivity index (χ4v) is 19.3. The summed E-state index contributed by atoms with van der Waals surface area (Å²) in [6.07, 6.45) is 1.28. The Labute approximate surface area is 626 Å². The van der Waals surface area contributed by atoms with Crippen molar-refractivity contribution in [1.29, 1.82) is 0 Å². The number of fused-ring (bicyclic) bond motifs is 10. The molecule has 4 aliphatic rings. The highest BCUT2D eigenvalue weighted by molar-refractivity contribution is 6.77. The second-order valence-corrected chi connectivity index (χ2v) is 39.7. The van der Waals surface area contributed by atoms with Gasteiger partial charge in [0.2, 0.25) is 11.2 Å². The molecule has 10 aromatic rings. The van der Waals surface area contributed by atoms with Crippen LogP contribution in [0.1, 0.15) is 116 Å². The van der Waals surface area contributed by atoms with Gasteiger partial charge in [0.15, 0.2) is 0 Å². The Morgan fingerprint density at radius 2 is 0.897 bits per heavy atom. The molecular formula is C84H85ClN4O16Si2. The second kappa shape index (κ2) is 33.0. The van der Waals surface area contributed by atoms with Crippen molar-refractivity contribution < 1.29 is 67.0 Å². The van der Waals surface area contributed by atoms with E-state index in [1.54, 1.807) is 71.5 Å². The molecule has 0 aliphatic carbocycles. The summed E-state index contributed by atoms with van der Waals surface area (Å²) in [5.41, 5.74) is 8.00. The number of nitrogens with zero attached hydrogens (tertiary/aromatic N) is 4. The number of aryl methyl sites for hydroxylation is 2. The predicted molar refractivity (Wildman–Crippen MR) is 411 cm³/mol. The number of aromatic nitrogens is 4. The maximum Gasteiger partial charge on any atom is 0.510 e. The zero-order valence-corrected chi connectivity index (χ0v) is 63.5. The molecule has 0 saturated carbocycles. The minimum Gasteiger partial charge on any atom is -0.462 e. The number of carbonyl (C=O) groups is 6. The Morgan fingerprint density at radius 1 is 0.505 bits per heavy atom. The van der Waals surface area contributed by atoms with Gasteiger partial charge in [0.05, 0.1) is 70.2 Å². The van der Waals surface area contributed by atoms with Gasteiger partial charge in [0.25, 0.3) is 16.4 Å². The van der Waals surface area contributed by atoms with E-state index in [-0.39, 0.29) is 74.1 Å². The smallest absolute Gasteiger partial charge is 0.462 e. The van der Waals surface area contributed by atoms with Gasteiger partial charge in [0.1, 0.15) is 26.4 Å². The lowest BCUT2D eigenvalue weighted by Gasteiger charge is -2.35. The number of ether oxygens (including phenoxy) is 7. The van der Waals surface area contributed by atoms with Crippen molar-refractivity contribution in [3.63, 3.8) is 0 Å². The van der Waals surface area contributed by atoms with Gasteiger partial charge in [0, 0.05) is 61.3 Å². The van der Waals surface area contributed by atoms with Crippen LogP contribution in [0, 0.1) is 0 Å². The molecule has 0 radical (unpaired) electrons. The van der Waals surface area contributed by atoms with Crippen molar-refractivity contribution in [2.45, 2.75) is 153 Å². The molecule has 6 aromatic carbocycles. The summed E-state index contributed by atoms with van der Waals surface area (Å²) in [6, 6.07) is 59.7. The van der Waals surface area contributed by atoms with Crippen LogP contribution in [-0.4, -0.2) is 89.0 Å². The molecule has 0 unspecified atom stereocenters. The third-order valence-corrected chi connectivity index (χ3v) is 27.5. The molecule has 4 aromatic heterocycles. The zero-order chi connectivity index (χ0) is 75.6. The van der Waals surface area contributed by atoms with Crippen molar-refractivity contribution in [3.8, 4) is 22.8 Å². The molecule has 1 N–H and O–H groups in total. The molecule has 23 heteroatoms. The number of pyridine rings is 4. The summed E-state index contributed by atoms with van der Waals surface area (Å²) in [5.74, 6) is -1.79. The van der Waals surface area contributed by atoms with Gasteiger partial charge in [-0.25, -0.2) is 33.9 Å². The minimum atomic E-state index is -1.86. The van der Waals surface area contributed by atoms with Gasteiger partial charge >= 0.3 is 30.2 Å². The largest absolute Gasteiger partial charge is 0.510 e. The molecule has 2 atom stereocenters. The third-order valence-electron chi connectivity index (χ3n) is 20.6. The number of esters is 3. The van der Waals surface area contributed by atoms with Crippen molar-refractivity contribution in [2.75, 3.05) is 13.2 Å². The normalized spacial score (nSPS) is 15.8. The van der Waals surface area contributed by atoms with E-state index >= 15 is 0 Å². The Bertz CT molecular complexity index is 5130. The number of halogens is 1. The summed E-state index contributed by atoms with van der Waals surface area (Å²) in [7, 11) is -3.32. The van der Waals surface area contributed by atoms with E-state index in [1.165, 1.54) is 5.56 Å². The molecular weight excluding hydrogens is 1410 g/mol. The maximum absolute atomic E-state index is 14.2. The van der Waals surface area contributed by atoms with Gasteiger partial charge in [-0.05, 0) is 109 Å². The summed E-state index contributed by atoms with van der Waals surface area (Å²) in [6.45, 7) is 13.6. The molecule has 0 spiro atoms. The first kappa shape index (κ1) is 76.0. The molecule has 0 amide bonds. The summed E-state index contributed by atoms with van der Waals surface area (Å²) in [5, 5.41) is 11.1. The van der Waals surface area contributed by atoms with E-state index < -0.39 is 56.8 Å². The van der Waals surface area contributed by atoms with E-state index in [9.17, 15) is 43.5 Å². The average molecular weight is 1500 g/mol. The molecule has 0 fully saturated rings. The number of para-hydroxylation sites is 2. The van der Waals surface area contributed by atoms with Crippen LogP contribution in [0.2, 0.25) is 50.4 Å². The quantitative estimate of drug-likeness (QED) is 0.0205. The number of rotatable bonds is 23. The molecule has 552 valence electrons. The molecule has 20 nitrogen and oxygen atoms in total. The Hall–Kier alpha value is -10.7. The predicted octanol–water partition coefficient (Wildman–Crippen LogP) is 16.1. The minimum absolute atomic E-state index is 0.0268. The maximum atomic E-state index is 14.2. The number of aliphatic hydroxyl groups is 1. The highest BCUT2D eigenvalue weighted by Crippen LogP contribution is 2.45. The lowest BCUT2D eigenvalue weighted by atomic mass is 9.85. The SMILES string of the molecule is CC[C@@]1(OC(=O)OCc2ccccc2)C(=O)OCc2c1cc1n(c2=O)Cc2c-1nc1ccccc1c2CC[Si](C)(C)CCCO.CC[C@@]1(OC(=O)OCc2ccccc2)C(=O)OCc2c1cc1n(c2=O)Cc2c-1nc1ccccc1c2CC[Si](C)(C)CCCOC(=O)c1ccccc1.O=C(Cl)c1ccccc1. The third kappa shape index (κ3) is 16.5. The Kier molecular flexibility index (Phi) is 23.4. The number of carbonyl (C=O) groups excluding carboxylic acids is 6. The van der Waals surface area contributed by atoms with Crippen LogP contribution < -0.4 is 11.1 Å². The van der Waals surface area contributed by atoms with Crippen LogP contribution in [0.15, 0.2) is 192 Å². The topological polar surface area (TPSA) is 257 Å². The highest BCUT2D eigenvalue weighted by atomic mass is 35.5. The van der Waals surface area contributed by atoms with Gasteiger partial charge < -0.3 is 47.4 Å². The molecule has 0 bridgehead atoms. The van der Waals surface area contributed by atoms with E-state index in [1.807, 2.05) is 121 Å². The van der Waals surface area contributed by atoms with E-state index in [0.29, 0.717) is 64.7 Å². The van der Waals surface area contributed by atoms with Crippen molar-refractivity contribution in [3.05, 3.63) is 269 Å². The van der Waals surface area contributed by atoms with Gasteiger partial charge in [-0.3, -0.25) is 14.4 Å². The zero-order valence-electron chi connectivity index (χ0n) is 60.8.